The van der Waals surface area contributed by atoms with E-state index in [1.54, 1.807) is 0 Å². The Kier molecular flexibility index (Phi) is 4.61. The first-order valence-electron chi connectivity index (χ1n) is 7.05. The van der Waals surface area contributed by atoms with Crippen LogP contribution >= 0.6 is 0 Å². The highest BCUT2D eigenvalue weighted by Gasteiger charge is 2.22. The molecule has 0 heterocycles. The van der Waals surface area contributed by atoms with E-state index in [9.17, 15) is 0 Å². The third-order valence-corrected chi connectivity index (χ3v) is 4.20. The molecule has 1 saturated carbocycles. The molecule has 1 fully saturated rings. The summed E-state index contributed by atoms with van der Waals surface area (Å²) in [6.07, 6.45) is 8.12. The Labute approximate surface area is 105 Å². The summed E-state index contributed by atoms with van der Waals surface area (Å²) in [7, 11) is 0. The molecular weight excluding hydrogens is 206 g/mol. The quantitative estimate of drug-likeness (QED) is 0.789. The Balaban J connectivity index is 2.04. The maximum atomic E-state index is 5.95. The van der Waals surface area contributed by atoms with E-state index in [0.29, 0.717) is 0 Å². The molecule has 1 aromatic carbocycles. The van der Waals surface area contributed by atoms with Gasteiger partial charge in [0.05, 0.1) is 0 Å². The van der Waals surface area contributed by atoms with E-state index >= 15 is 0 Å². The number of hydrogen-bond donors (Lipinski definition) is 1. The van der Waals surface area contributed by atoms with Crippen molar-refractivity contribution >= 4 is 0 Å². The van der Waals surface area contributed by atoms with E-state index < -0.39 is 0 Å². The largest absolute Gasteiger partial charge is 0.330 e. The molecule has 0 bridgehead atoms. The lowest BCUT2D eigenvalue weighted by atomic mass is 9.83. The second-order valence-electron chi connectivity index (χ2n) is 5.59. The summed E-state index contributed by atoms with van der Waals surface area (Å²) in [4.78, 5) is 0. The highest BCUT2D eigenvalue weighted by molar-refractivity contribution is 5.22. The van der Waals surface area contributed by atoms with Crippen molar-refractivity contribution in [2.75, 3.05) is 6.54 Å². The molecule has 0 aromatic heterocycles. The number of benzene rings is 1. The zero-order chi connectivity index (χ0) is 12.1. The van der Waals surface area contributed by atoms with Gasteiger partial charge in [-0.05, 0) is 50.1 Å². The molecule has 0 amide bonds. The van der Waals surface area contributed by atoms with E-state index in [2.05, 4.69) is 31.2 Å². The molecule has 0 aliphatic heterocycles. The van der Waals surface area contributed by atoms with Crippen molar-refractivity contribution in [2.24, 2.45) is 17.6 Å². The van der Waals surface area contributed by atoms with Gasteiger partial charge < -0.3 is 5.73 Å². The van der Waals surface area contributed by atoms with Gasteiger partial charge in [-0.25, -0.2) is 0 Å². The molecule has 1 nitrogen and oxygen atoms in total. The molecule has 2 N–H and O–H groups in total. The fourth-order valence-electron chi connectivity index (χ4n) is 3.18. The minimum Gasteiger partial charge on any atom is -0.330 e. The van der Waals surface area contributed by atoms with Crippen molar-refractivity contribution in [1.29, 1.82) is 0 Å². The number of nitrogens with two attached hydrogens (primary N) is 1. The van der Waals surface area contributed by atoms with Crippen molar-refractivity contribution in [3.63, 3.8) is 0 Å². The van der Waals surface area contributed by atoms with Gasteiger partial charge >= 0.3 is 0 Å². The highest BCUT2D eigenvalue weighted by Crippen LogP contribution is 2.30. The van der Waals surface area contributed by atoms with Crippen molar-refractivity contribution in [3.8, 4) is 0 Å². The van der Waals surface area contributed by atoms with Gasteiger partial charge in [0.2, 0.25) is 0 Å². The fraction of sp³-hybridized carbons (Fsp3) is 0.625. The molecule has 0 spiro atoms. The lowest BCUT2D eigenvalue weighted by molar-refractivity contribution is 0.318. The van der Waals surface area contributed by atoms with Gasteiger partial charge in [0, 0.05) is 0 Å². The predicted octanol–water partition coefficient (Wildman–Crippen LogP) is 3.69. The van der Waals surface area contributed by atoms with E-state index in [0.717, 1.165) is 18.4 Å². The fourth-order valence-corrected chi connectivity index (χ4v) is 3.18. The van der Waals surface area contributed by atoms with Gasteiger partial charge in [-0.2, -0.15) is 0 Å². The van der Waals surface area contributed by atoms with E-state index in [1.165, 1.54) is 49.7 Å². The van der Waals surface area contributed by atoms with Crippen LogP contribution in [0.2, 0.25) is 0 Å². The van der Waals surface area contributed by atoms with Crippen molar-refractivity contribution in [3.05, 3.63) is 35.4 Å². The summed E-state index contributed by atoms with van der Waals surface area (Å²) in [6.45, 7) is 3.05. The molecule has 2 unspecified atom stereocenters. The van der Waals surface area contributed by atoms with Gasteiger partial charge in [0.25, 0.3) is 0 Å². The monoisotopic (exact) mass is 231 g/mol. The highest BCUT2D eigenvalue weighted by atomic mass is 14.6. The number of hydrogen-bond acceptors (Lipinski definition) is 1. The van der Waals surface area contributed by atoms with Crippen LogP contribution < -0.4 is 5.73 Å². The van der Waals surface area contributed by atoms with Crippen molar-refractivity contribution in [1.82, 2.24) is 0 Å². The molecule has 94 valence electrons. The molecular formula is C16H25N. The number of aryl methyl sites for hydroxylation is 1. The Morgan fingerprint density at radius 2 is 1.88 bits per heavy atom. The summed E-state index contributed by atoms with van der Waals surface area (Å²) in [5.41, 5.74) is 8.82. The van der Waals surface area contributed by atoms with Gasteiger partial charge in [0.1, 0.15) is 0 Å². The van der Waals surface area contributed by atoms with Gasteiger partial charge in [-0.3, -0.25) is 0 Å². The molecule has 1 aliphatic rings. The molecule has 0 radical (unpaired) electrons. The van der Waals surface area contributed by atoms with E-state index in [-0.39, 0.29) is 0 Å². The normalized spacial score (nSPS) is 25.5. The standard InChI is InChI=1S/C16H25N/c1-13-6-5-7-14(10-13)11-15-8-3-2-4-9-16(15)12-17/h5-7,10,15-16H,2-4,8-9,11-12,17H2,1H3. The zero-order valence-electron chi connectivity index (χ0n) is 11.0. The molecule has 2 atom stereocenters. The first-order valence-corrected chi connectivity index (χ1v) is 7.05. The Morgan fingerprint density at radius 3 is 2.59 bits per heavy atom. The van der Waals surface area contributed by atoms with Crippen LogP contribution in [0.15, 0.2) is 24.3 Å². The first kappa shape index (κ1) is 12.6. The molecule has 1 aliphatic carbocycles. The third-order valence-electron chi connectivity index (χ3n) is 4.20. The van der Waals surface area contributed by atoms with Crippen LogP contribution in [0.1, 0.15) is 43.2 Å². The van der Waals surface area contributed by atoms with Crippen LogP contribution in [-0.2, 0) is 6.42 Å². The molecule has 0 saturated heterocycles. The average Bonchev–Trinajstić information content (AvgIpc) is 2.54. The summed E-state index contributed by atoms with van der Waals surface area (Å²) in [5, 5.41) is 0. The topological polar surface area (TPSA) is 26.0 Å². The second-order valence-corrected chi connectivity index (χ2v) is 5.59. The third kappa shape index (κ3) is 3.57. The van der Waals surface area contributed by atoms with Crippen molar-refractivity contribution in [2.45, 2.75) is 45.4 Å². The van der Waals surface area contributed by atoms with Crippen LogP contribution in [0.25, 0.3) is 0 Å². The van der Waals surface area contributed by atoms with Crippen LogP contribution in [-0.4, -0.2) is 6.54 Å². The molecule has 1 aromatic rings. The van der Waals surface area contributed by atoms with Gasteiger partial charge in [-0.1, -0.05) is 49.1 Å². The second kappa shape index (κ2) is 6.20. The lowest BCUT2D eigenvalue weighted by Gasteiger charge is -2.24. The smallest absolute Gasteiger partial charge is 0.00461 e. The zero-order valence-corrected chi connectivity index (χ0v) is 11.0. The molecule has 17 heavy (non-hydrogen) atoms. The van der Waals surface area contributed by atoms with Crippen molar-refractivity contribution < 1.29 is 0 Å². The predicted molar refractivity (Wildman–Crippen MR) is 74.0 cm³/mol. The summed E-state index contributed by atoms with van der Waals surface area (Å²) < 4.78 is 0. The lowest BCUT2D eigenvalue weighted by Crippen LogP contribution is -2.24. The van der Waals surface area contributed by atoms with Crippen LogP contribution in [0, 0.1) is 18.8 Å². The van der Waals surface area contributed by atoms with Crippen LogP contribution in [0.3, 0.4) is 0 Å². The van der Waals surface area contributed by atoms with Crippen LogP contribution in [0.5, 0.6) is 0 Å². The maximum Gasteiger partial charge on any atom is -0.00461 e. The Morgan fingerprint density at radius 1 is 1.12 bits per heavy atom. The van der Waals surface area contributed by atoms with E-state index in [4.69, 9.17) is 5.73 Å². The summed E-state index contributed by atoms with van der Waals surface area (Å²) in [5.74, 6) is 1.56. The Hall–Kier alpha value is -0.820. The van der Waals surface area contributed by atoms with Crippen LogP contribution in [0.4, 0.5) is 0 Å². The van der Waals surface area contributed by atoms with Gasteiger partial charge in [0.15, 0.2) is 0 Å². The first-order chi connectivity index (χ1) is 8.29. The summed E-state index contributed by atoms with van der Waals surface area (Å²) in [6, 6.07) is 8.96. The summed E-state index contributed by atoms with van der Waals surface area (Å²) >= 11 is 0. The average molecular weight is 231 g/mol. The number of rotatable bonds is 3. The molecule has 1 heteroatoms. The van der Waals surface area contributed by atoms with Gasteiger partial charge in [-0.15, -0.1) is 0 Å². The molecule has 2 rings (SSSR count). The minimum absolute atomic E-state index is 0.748. The van der Waals surface area contributed by atoms with E-state index in [1.807, 2.05) is 0 Å². The maximum absolute atomic E-state index is 5.95. The minimum atomic E-state index is 0.748. The SMILES string of the molecule is Cc1cccc(CC2CCCCCC2CN)c1. The Bertz CT molecular complexity index is 345.